The number of aryl methyl sites for hydroxylation is 1. The Morgan fingerprint density at radius 1 is 1.18 bits per heavy atom. The van der Waals surface area contributed by atoms with E-state index in [1.54, 1.807) is 31.5 Å². The zero-order valence-corrected chi connectivity index (χ0v) is 22.7. The lowest BCUT2D eigenvalue weighted by Gasteiger charge is -2.25. The van der Waals surface area contributed by atoms with Crippen molar-refractivity contribution in [1.29, 1.82) is 0 Å². The summed E-state index contributed by atoms with van der Waals surface area (Å²) in [5, 5.41) is 7.01. The highest BCUT2D eigenvalue weighted by atomic mass is 19.1. The fourth-order valence-corrected chi connectivity index (χ4v) is 4.23. The van der Waals surface area contributed by atoms with Gasteiger partial charge in [-0.3, -0.25) is 4.79 Å². The monoisotopic (exact) mass is 529 g/mol. The van der Waals surface area contributed by atoms with Crippen LogP contribution in [0.3, 0.4) is 0 Å². The van der Waals surface area contributed by atoms with Gasteiger partial charge in [-0.15, -0.1) is 5.73 Å². The van der Waals surface area contributed by atoms with E-state index in [2.05, 4.69) is 32.8 Å². The highest BCUT2D eigenvalue weighted by molar-refractivity contribution is 6.02. The molecule has 0 radical (unpaired) electrons. The van der Waals surface area contributed by atoms with Crippen molar-refractivity contribution in [3.05, 3.63) is 73.0 Å². The molecule has 202 valence electrons. The van der Waals surface area contributed by atoms with E-state index in [0.29, 0.717) is 28.8 Å². The molecule has 39 heavy (non-hydrogen) atoms. The van der Waals surface area contributed by atoms with Gasteiger partial charge in [0.25, 0.3) is 5.91 Å². The Kier molecular flexibility index (Phi) is 8.29. The van der Waals surface area contributed by atoms with Crippen LogP contribution >= 0.6 is 0 Å². The van der Waals surface area contributed by atoms with E-state index in [1.807, 2.05) is 49.9 Å². The number of aromatic nitrogens is 3. The van der Waals surface area contributed by atoms with E-state index in [1.165, 1.54) is 18.2 Å². The van der Waals surface area contributed by atoms with E-state index in [4.69, 9.17) is 9.72 Å². The molecule has 0 unspecified atom stereocenters. The van der Waals surface area contributed by atoms with Crippen molar-refractivity contribution in [2.45, 2.75) is 0 Å². The number of fused-ring (bicyclic) bond motifs is 1. The van der Waals surface area contributed by atoms with Crippen LogP contribution in [0, 0.1) is 5.82 Å². The summed E-state index contributed by atoms with van der Waals surface area (Å²) in [5.74, 6) is 0.235. The average molecular weight is 530 g/mol. The van der Waals surface area contributed by atoms with Crippen molar-refractivity contribution in [3.63, 3.8) is 0 Å². The first kappa shape index (κ1) is 27.4. The van der Waals surface area contributed by atoms with Crippen LogP contribution in [0.4, 0.5) is 27.4 Å². The van der Waals surface area contributed by atoms with Gasteiger partial charge in [-0.1, -0.05) is 6.58 Å². The minimum absolute atomic E-state index is 0.297. The molecule has 2 aromatic heterocycles. The normalized spacial score (nSPS) is 10.8. The van der Waals surface area contributed by atoms with Gasteiger partial charge in [-0.25, -0.2) is 14.4 Å². The van der Waals surface area contributed by atoms with Gasteiger partial charge in [0.2, 0.25) is 5.95 Å². The fraction of sp³-hybridized carbons (Fsp3) is 0.241. The maximum Gasteiger partial charge on any atom is 0.256 e. The molecule has 0 spiro atoms. The first-order chi connectivity index (χ1) is 18.7. The predicted molar refractivity (Wildman–Crippen MR) is 154 cm³/mol. The molecule has 0 saturated heterocycles. The number of nitrogens with one attached hydrogen (secondary N) is 2. The van der Waals surface area contributed by atoms with Crippen LogP contribution in [0.5, 0.6) is 5.75 Å². The van der Waals surface area contributed by atoms with Gasteiger partial charge in [0, 0.05) is 62.7 Å². The smallest absolute Gasteiger partial charge is 0.256 e. The molecule has 0 aliphatic rings. The summed E-state index contributed by atoms with van der Waals surface area (Å²) in [6.45, 7) is 5.03. The van der Waals surface area contributed by atoms with Crippen molar-refractivity contribution in [1.82, 2.24) is 19.4 Å². The molecule has 2 heterocycles. The number of amides is 1. The van der Waals surface area contributed by atoms with E-state index < -0.39 is 0 Å². The molecule has 9 nitrogen and oxygen atoms in total. The maximum absolute atomic E-state index is 13.8. The molecule has 0 bridgehead atoms. The lowest BCUT2D eigenvalue weighted by atomic mass is 10.1. The number of nitrogens with zero attached hydrogens (tertiary/aromatic N) is 5. The quantitative estimate of drug-likeness (QED) is 0.225. The number of methoxy groups -OCH3 is 1. The summed E-state index contributed by atoms with van der Waals surface area (Å²) in [7, 11) is 9.40. The van der Waals surface area contributed by atoms with Crippen molar-refractivity contribution in [2.24, 2.45) is 7.05 Å². The molecule has 0 aliphatic heterocycles. The van der Waals surface area contributed by atoms with Gasteiger partial charge in [-0.05, 0) is 44.4 Å². The van der Waals surface area contributed by atoms with Gasteiger partial charge in [0.05, 0.1) is 35.4 Å². The van der Waals surface area contributed by atoms with Gasteiger partial charge in [0.15, 0.2) is 0 Å². The molecule has 0 fully saturated rings. The number of halogens is 1. The van der Waals surface area contributed by atoms with Crippen LogP contribution in [0.25, 0.3) is 22.2 Å². The molecule has 4 rings (SSSR count). The fourth-order valence-electron chi connectivity index (χ4n) is 4.23. The first-order valence-electron chi connectivity index (χ1n) is 12.3. The third-order valence-electron chi connectivity index (χ3n) is 6.23. The van der Waals surface area contributed by atoms with Crippen molar-refractivity contribution in [3.8, 4) is 17.0 Å². The molecule has 0 aliphatic carbocycles. The molecule has 4 aromatic rings. The highest BCUT2D eigenvalue weighted by Crippen LogP contribution is 2.38. The predicted octanol–water partition coefficient (Wildman–Crippen LogP) is 4.80. The largest absolute Gasteiger partial charge is 0.494 e. The Morgan fingerprint density at radius 3 is 2.69 bits per heavy atom. The Bertz CT molecular complexity index is 1560. The number of carbonyl (C=O) groups is 1. The second kappa shape index (κ2) is 11.8. The second-order valence-corrected chi connectivity index (χ2v) is 9.34. The van der Waals surface area contributed by atoms with Crippen LogP contribution in [-0.2, 0) is 11.8 Å². The van der Waals surface area contributed by atoms with E-state index in [-0.39, 0.29) is 11.7 Å². The number of anilines is 4. The lowest BCUT2D eigenvalue weighted by molar-refractivity contribution is -0.111. The van der Waals surface area contributed by atoms with E-state index >= 15 is 0 Å². The number of likely N-dealkylation sites (N-methyl/N-ethyl adjacent to an activating group) is 2. The zero-order chi connectivity index (χ0) is 28.1. The Balaban J connectivity index is 1.72. The number of rotatable bonds is 10. The zero-order valence-electron chi connectivity index (χ0n) is 22.7. The number of hydrogen-bond acceptors (Lipinski definition) is 7. The number of carbonyl (C=O) groups excluding carboxylic acids is 1. The number of hydrogen-bond donors (Lipinski definition) is 2. The van der Waals surface area contributed by atoms with Gasteiger partial charge >= 0.3 is 0 Å². The van der Waals surface area contributed by atoms with Crippen LogP contribution in [0.15, 0.2) is 67.2 Å². The standard InChI is InChI=1S/C29H32FN7O2/c1-7-8-28(38)32-23-16-24(27(39-6)17-26(23)36(4)14-13-35(2)3)34-29-31-12-11-22(33-29)21-18-37(5)25-15-19(30)9-10-20(21)25/h8-12,15-18H,1,13-14H2,2-6H3,(H,32,38)(H,31,33,34). The molecule has 10 heteroatoms. The minimum atomic E-state index is -0.353. The molecule has 2 N–H and O–H groups in total. The van der Waals surface area contributed by atoms with Crippen molar-refractivity contribution in [2.75, 3.05) is 56.9 Å². The Hall–Kier alpha value is -4.66. The van der Waals surface area contributed by atoms with Crippen LogP contribution < -0.4 is 20.3 Å². The summed E-state index contributed by atoms with van der Waals surface area (Å²) < 4.78 is 21.4. The van der Waals surface area contributed by atoms with Crippen LogP contribution in [0.2, 0.25) is 0 Å². The summed E-state index contributed by atoms with van der Waals surface area (Å²) in [6, 6.07) is 10.1. The van der Waals surface area contributed by atoms with Gasteiger partial charge in [0.1, 0.15) is 11.6 Å². The SMILES string of the molecule is C=C=CC(=O)Nc1cc(Nc2nccc(-c3cn(C)c4cc(F)ccc34)n2)c(OC)cc1N(C)CCN(C)C. The minimum Gasteiger partial charge on any atom is -0.494 e. The third kappa shape index (κ3) is 6.26. The molecule has 0 atom stereocenters. The first-order valence-corrected chi connectivity index (χ1v) is 12.3. The summed E-state index contributed by atoms with van der Waals surface area (Å²) in [4.78, 5) is 25.6. The molecule has 0 saturated carbocycles. The highest BCUT2D eigenvalue weighted by Gasteiger charge is 2.17. The maximum atomic E-state index is 13.8. The van der Waals surface area contributed by atoms with Crippen LogP contribution in [-0.4, -0.2) is 66.7 Å². The van der Waals surface area contributed by atoms with E-state index in [0.717, 1.165) is 35.2 Å². The topological polar surface area (TPSA) is 87.5 Å². The third-order valence-corrected chi connectivity index (χ3v) is 6.23. The van der Waals surface area contributed by atoms with Gasteiger partial charge < -0.3 is 29.7 Å². The van der Waals surface area contributed by atoms with E-state index in [9.17, 15) is 9.18 Å². The Morgan fingerprint density at radius 2 is 1.97 bits per heavy atom. The summed E-state index contributed by atoms with van der Waals surface area (Å²) in [5.41, 5.74) is 6.72. The van der Waals surface area contributed by atoms with Crippen molar-refractivity contribution >= 4 is 39.8 Å². The second-order valence-electron chi connectivity index (χ2n) is 9.34. The molecular weight excluding hydrogens is 497 g/mol. The number of ether oxygens (including phenoxy) is 1. The van der Waals surface area contributed by atoms with Gasteiger partial charge in [-0.2, -0.15) is 0 Å². The number of benzene rings is 2. The van der Waals surface area contributed by atoms with Crippen molar-refractivity contribution < 1.29 is 13.9 Å². The lowest BCUT2D eigenvalue weighted by Crippen LogP contribution is -2.29. The Labute approximate surface area is 227 Å². The molecule has 1 amide bonds. The summed E-state index contributed by atoms with van der Waals surface area (Å²) in [6.07, 6.45) is 4.81. The molecule has 2 aromatic carbocycles. The summed E-state index contributed by atoms with van der Waals surface area (Å²) >= 11 is 0. The molecular formula is C29H32FN7O2. The average Bonchev–Trinajstić information content (AvgIpc) is 3.23. The van der Waals surface area contributed by atoms with Crippen LogP contribution in [0.1, 0.15) is 0 Å².